The Kier molecular flexibility index (Phi) is 3.24. The van der Waals surface area contributed by atoms with Crippen molar-refractivity contribution in [2.45, 2.75) is 12.3 Å². The average molecular weight is 284 g/mol. The largest absolute Gasteiger partial charge is 0.364 e. The normalized spacial score (nSPS) is 12.3. The standard InChI is InChI=1S/C8H6ClF4N5/c9-4-1-5(14-2-8(12,13)6(10)11)18-7(17-4)15-3-16-18/h1,3,6,14H,2H2. The van der Waals surface area contributed by atoms with Crippen molar-refractivity contribution in [2.75, 3.05) is 11.9 Å². The molecule has 0 radical (unpaired) electrons. The van der Waals surface area contributed by atoms with Gasteiger partial charge in [0.1, 0.15) is 17.3 Å². The van der Waals surface area contributed by atoms with Crippen molar-refractivity contribution >= 4 is 23.2 Å². The monoisotopic (exact) mass is 283 g/mol. The molecule has 2 aromatic rings. The molecule has 0 bridgehead atoms. The molecule has 2 heterocycles. The average Bonchev–Trinajstić information content (AvgIpc) is 2.73. The molecule has 0 aliphatic carbocycles. The summed E-state index contributed by atoms with van der Waals surface area (Å²) in [6.07, 6.45) is -2.62. The molecule has 0 fully saturated rings. The second kappa shape index (κ2) is 4.56. The van der Waals surface area contributed by atoms with Crippen LogP contribution in [0.15, 0.2) is 12.4 Å². The fourth-order valence-corrected chi connectivity index (χ4v) is 1.37. The van der Waals surface area contributed by atoms with Crippen LogP contribution in [0, 0.1) is 0 Å². The van der Waals surface area contributed by atoms with Crippen molar-refractivity contribution < 1.29 is 17.6 Å². The number of rotatable bonds is 4. The molecule has 18 heavy (non-hydrogen) atoms. The molecule has 0 saturated carbocycles. The van der Waals surface area contributed by atoms with Crippen LogP contribution in [-0.4, -0.2) is 38.5 Å². The molecule has 0 atom stereocenters. The Balaban J connectivity index is 2.24. The number of nitrogens with zero attached hydrogens (tertiary/aromatic N) is 4. The first-order valence-electron chi connectivity index (χ1n) is 4.66. The molecular weight excluding hydrogens is 278 g/mol. The van der Waals surface area contributed by atoms with Crippen LogP contribution in [0.1, 0.15) is 0 Å². The van der Waals surface area contributed by atoms with E-state index in [0.717, 1.165) is 10.8 Å². The predicted molar refractivity (Wildman–Crippen MR) is 55.2 cm³/mol. The van der Waals surface area contributed by atoms with Crippen LogP contribution in [0.25, 0.3) is 5.78 Å². The zero-order valence-electron chi connectivity index (χ0n) is 8.62. The molecule has 1 N–H and O–H groups in total. The van der Waals surface area contributed by atoms with E-state index >= 15 is 0 Å². The molecule has 0 aliphatic heterocycles. The van der Waals surface area contributed by atoms with Crippen molar-refractivity contribution in [2.24, 2.45) is 0 Å². The third-order valence-corrected chi connectivity index (χ3v) is 2.24. The van der Waals surface area contributed by atoms with Crippen molar-refractivity contribution in [1.29, 1.82) is 0 Å². The van der Waals surface area contributed by atoms with Gasteiger partial charge in [-0.2, -0.15) is 28.4 Å². The summed E-state index contributed by atoms with van der Waals surface area (Å²) >= 11 is 5.63. The topological polar surface area (TPSA) is 55.1 Å². The number of fused-ring (bicyclic) bond motifs is 1. The zero-order chi connectivity index (χ0) is 13.3. The molecule has 0 amide bonds. The maximum Gasteiger partial charge on any atom is 0.324 e. The molecule has 5 nitrogen and oxygen atoms in total. The first-order chi connectivity index (χ1) is 8.40. The Morgan fingerprint density at radius 2 is 2.17 bits per heavy atom. The molecule has 2 rings (SSSR count). The fraction of sp³-hybridized carbons (Fsp3) is 0.375. The lowest BCUT2D eigenvalue weighted by Gasteiger charge is -2.16. The van der Waals surface area contributed by atoms with Gasteiger partial charge in [0.2, 0.25) is 0 Å². The first-order valence-corrected chi connectivity index (χ1v) is 5.04. The molecule has 98 valence electrons. The van der Waals surface area contributed by atoms with Gasteiger partial charge >= 0.3 is 12.3 Å². The Hall–Kier alpha value is -1.64. The molecule has 0 unspecified atom stereocenters. The van der Waals surface area contributed by atoms with Gasteiger partial charge in [-0.25, -0.2) is 8.78 Å². The van der Waals surface area contributed by atoms with E-state index in [9.17, 15) is 17.6 Å². The Bertz CT molecular complexity index is 557. The maximum atomic E-state index is 12.8. The summed E-state index contributed by atoms with van der Waals surface area (Å²) in [7, 11) is 0. The summed E-state index contributed by atoms with van der Waals surface area (Å²) in [5, 5.41) is 5.82. The van der Waals surface area contributed by atoms with E-state index in [1.165, 1.54) is 6.07 Å². The smallest absolute Gasteiger partial charge is 0.324 e. The summed E-state index contributed by atoms with van der Waals surface area (Å²) in [4.78, 5) is 7.46. The van der Waals surface area contributed by atoms with Crippen LogP contribution >= 0.6 is 11.6 Å². The van der Waals surface area contributed by atoms with Gasteiger partial charge in [-0.15, -0.1) is 0 Å². The minimum atomic E-state index is -4.15. The van der Waals surface area contributed by atoms with Crippen molar-refractivity contribution in [3.05, 3.63) is 17.5 Å². The second-order valence-electron chi connectivity index (χ2n) is 3.35. The number of alkyl halides is 4. The van der Waals surface area contributed by atoms with Gasteiger partial charge in [0.15, 0.2) is 0 Å². The van der Waals surface area contributed by atoms with Gasteiger partial charge in [0.25, 0.3) is 5.78 Å². The van der Waals surface area contributed by atoms with Crippen molar-refractivity contribution in [1.82, 2.24) is 19.6 Å². The minimum absolute atomic E-state index is 0.00262. The van der Waals surface area contributed by atoms with E-state index in [-0.39, 0.29) is 16.7 Å². The highest BCUT2D eigenvalue weighted by molar-refractivity contribution is 6.29. The van der Waals surface area contributed by atoms with Crippen LogP contribution in [-0.2, 0) is 0 Å². The molecular formula is C8H6ClF4N5. The van der Waals surface area contributed by atoms with Crippen LogP contribution in [0.3, 0.4) is 0 Å². The Labute approximate surface area is 103 Å². The summed E-state index contributed by atoms with van der Waals surface area (Å²) in [5.41, 5.74) is 0. The highest BCUT2D eigenvalue weighted by Crippen LogP contribution is 2.24. The van der Waals surface area contributed by atoms with Crippen LogP contribution in [0.5, 0.6) is 0 Å². The Morgan fingerprint density at radius 3 is 2.83 bits per heavy atom. The lowest BCUT2D eigenvalue weighted by Crippen LogP contribution is -2.35. The Morgan fingerprint density at radius 1 is 1.44 bits per heavy atom. The van der Waals surface area contributed by atoms with Crippen molar-refractivity contribution in [3.8, 4) is 0 Å². The van der Waals surface area contributed by atoms with Gasteiger partial charge < -0.3 is 5.32 Å². The van der Waals surface area contributed by atoms with Crippen LogP contribution in [0.4, 0.5) is 23.4 Å². The van der Waals surface area contributed by atoms with E-state index in [2.05, 4.69) is 20.4 Å². The molecule has 0 spiro atoms. The van der Waals surface area contributed by atoms with Crippen molar-refractivity contribution in [3.63, 3.8) is 0 Å². The number of hydrogen-bond acceptors (Lipinski definition) is 4. The second-order valence-corrected chi connectivity index (χ2v) is 3.74. The van der Waals surface area contributed by atoms with E-state index in [1.54, 1.807) is 0 Å². The van der Waals surface area contributed by atoms with Gasteiger partial charge in [-0.1, -0.05) is 11.6 Å². The highest BCUT2D eigenvalue weighted by atomic mass is 35.5. The quantitative estimate of drug-likeness (QED) is 0.689. The van der Waals surface area contributed by atoms with Gasteiger partial charge in [-0.3, -0.25) is 0 Å². The third-order valence-electron chi connectivity index (χ3n) is 2.05. The molecule has 2 aromatic heterocycles. The van der Waals surface area contributed by atoms with Gasteiger partial charge in [0.05, 0.1) is 6.54 Å². The minimum Gasteiger partial charge on any atom is -0.364 e. The zero-order valence-corrected chi connectivity index (χ0v) is 9.37. The predicted octanol–water partition coefficient (Wildman–Crippen LogP) is 2.09. The van der Waals surface area contributed by atoms with Crippen LogP contribution < -0.4 is 5.32 Å². The maximum absolute atomic E-state index is 12.8. The highest BCUT2D eigenvalue weighted by Gasteiger charge is 2.40. The number of halogens is 5. The molecule has 0 aliphatic rings. The summed E-state index contributed by atoms with van der Waals surface area (Å²) in [6, 6.07) is 1.19. The summed E-state index contributed by atoms with van der Waals surface area (Å²) in [5.74, 6) is -4.07. The third kappa shape index (κ3) is 2.45. The molecule has 0 saturated heterocycles. The lowest BCUT2D eigenvalue weighted by atomic mass is 10.3. The first kappa shape index (κ1) is 12.8. The SMILES string of the molecule is FC(F)C(F)(F)CNc1cc(Cl)nc2ncnn12. The van der Waals surface area contributed by atoms with Crippen LogP contribution in [0.2, 0.25) is 5.15 Å². The van der Waals surface area contributed by atoms with E-state index in [0.29, 0.717) is 0 Å². The van der Waals surface area contributed by atoms with Gasteiger partial charge in [-0.05, 0) is 0 Å². The molecule has 0 aromatic carbocycles. The molecule has 10 heteroatoms. The number of anilines is 1. The number of aromatic nitrogens is 4. The van der Waals surface area contributed by atoms with Gasteiger partial charge in [0, 0.05) is 6.07 Å². The summed E-state index contributed by atoms with van der Waals surface area (Å²) in [6.45, 7) is -1.25. The lowest BCUT2D eigenvalue weighted by molar-refractivity contribution is -0.117. The van der Waals surface area contributed by atoms with E-state index < -0.39 is 18.9 Å². The summed E-state index contributed by atoms with van der Waals surface area (Å²) < 4.78 is 50.6. The van der Waals surface area contributed by atoms with E-state index in [4.69, 9.17) is 11.6 Å². The number of nitrogens with one attached hydrogen (secondary N) is 1. The van der Waals surface area contributed by atoms with E-state index in [1.807, 2.05) is 0 Å². The fourth-order valence-electron chi connectivity index (χ4n) is 1.19. The number of hydrogen-bond donors (Lipinski definition) is 1.